The molecule has 4 heteroatoms. The van der Waals surface area contributed by atoms with E-state index in [4.69, 9.17) is 14.2 Å². The molecule has 1 fully saturated rings. The van der Waals surface area contributed by atoms with Gasteiger partial charge in [0.05, 0.1) is 5.60 Å². The number of ether oxygens (including phenoxy) is 3. The van der Waals surface area contributed by atoms with Crippen molar-refractivity contribution >= 4 is 0 Å². The fourth-order valence-electron chi connectivity index (χ4n) is 2.18. The van der Waals surface area contributed by atoms with E-state index in [-0.39, 0.29) is 6.79 Å². The largest absolute Gasteiger partial charge is 0.454 e. The second-order valence-electron chi connectivity index (χ2n) is 4.21. The molecule has 86 valence electrons. The average Bonchev–Trinajstić information content (AvgIpc) is 2.77. The Hall–Kier alpha value is -1.26. The Morgan fingerprint density at radius 3 is 2.62 bits per heavy atom. The first-order valence-electron chi connectivity index (χ1n) is 5.48. The molecule has 2 heterocycles. The molecule has 1 aromatic rings. The average molecular weight is 222 g/mol. The first kappa shape index (κ1) is 9.93. The van der Waals surface area contributed by atoms with E-state index in [0.29, 0.717) is 26.1 Å². The van der Waals surface area contributed by atoms with Gasteiger partial charge in [-0.25, -0.2) is 0 Å². The highest BCUT2D eigenvalue weighted by Gasteiger charge is 2.33. The molecule has 16 heavy (non-hydrogen) atoms. The van der Waals surface area contributed by atoms with Gasteiger partial charge in [0.2, 0.25) is 6.79 Å². The van der Waals surface area contributed by atoms with Crippen LogP contribution in [0.3, 0.4) is 0 Å². The van der Waals surface area contributed by atoms with Crippen LogP contribution in [0.4, 0.5) is 0 Å². The SMILES string of the molecule is OC1(c2ccc3c(c2)OCO3)CCOCC1. The van der Waals surface area contributed by atoms with Gasteiger partial charge in [-0.15, -0.1) is 0 Å². The van der Waals surface area contributed by atoms with Crippen LogP contribution in [0.2, 0.25) is 0 Å². The molecule has 1 saturated heterocycles. The lowest BCUT2D eigenvalue weighted by atomic mass is 9.86. The smallest absolute Gasteiger partial charge is 0.231 e. The summed E-state index contributed by atoms with van der Waals surface area (Å²) >= 11 is 0. The lowest BCUT2D eigenvalue weighted by Gasteiger charge is -2.32. The summed E-state index contributed by atoms with van der Waals surface area (Å²) in [6.07, 6.45) is 1.26. The van der Waals surface area contributed by atoms with E-state index in [2.05, 4.69) is 0 Å². The van der Waals surface area contributed by atoms with Crippen molar-refractivity contribution in [2.24, 2.45) is 0 Å². The van der Waals surface area contributed by atoms with Crippen molar-refractivity contribution in [3.05, 3.63) is 23.8 Å². The van der Waals surface area contributed by atoms with Crippen molar-refractivity contribution in [1.29, 1.82) is 0 Å². The maximum atomic E-state index is 10.5. The van der Waals surface area contributed by atoms with E-state index in [1.165, 1.54) is 0 Å². The van der Waals surface area contributed by atoms with Crippen molar-refractivity contribution in [3.8, 4) is 11.5 Å². The third-order valence-electron chi connectivity index (χ3n) is 3.23. The van der Waals surface area contributed by atoms with Crippen LogP contribution in [-0.2, 0) is 10.3 Å². The van der Waals surface area contributed by atoms with Crippen LogP contribution < -0.4 is 9.47 Å². The van der Waals surface area contributed by atoms with Gasteiger partial charge in [0.15, 0.2) is 11.5 Å². The van der Waals surface area contributed by atoms with Gasteiger partial charge in [-0.05, 0) is 17.7 Å². The summed E-state index contributed by atoms with van der Waals surface area (Å²) < 4.78 is 15.8. The molecule has 0 bridgehead atoms. The maximum absolute atomic E-state index is 10.5. The molecule has 1 aromatic carbocycles. The highest BCUT2D eigenvalue weighted by molar-refractivity contribution is 5.46. The number of benzene rings is 1. The van der Waals surface area contributed by atoms with Crippen molar-refractivity contribution in [2.75, 3.05) is 20.0 Å². The number of hydrogen-bond acceptors (Lipinski definition) is 4. The Balaban J connectivity index is 1.93. The van der Waals surface area contributed by atoms with Crippen LogP contribution in [0.5, 0.6) is 11.5 Å². The topological polar surface area (TPSA) is 47.9 Å². The molecule has 2 aliphatic heterocycles. The predicted molar refractivity (Wildman–Crippen MR) is 56.5 cm³/mol. The summed E-state index contributed by atoms with van der Waals surface area (Å²) in [5.41, 5.74) is 0.110. The Kier molecular flexibility index (Phi) is 2.26. The van der Waals surface area contributed by atoms with Crippen molar-refractivity contribution in [1.82, 2.24) is 0 Å². The van der Waals surface area contributed by atoms with Gasteiger partial charge in [0.1, 0.15) is 0 Å². The summed E-state index contributed by atoms with van der Waals surface area (Å²) in [6, 6.07) is 5.62. The van der Waals surface area contributed by atoms with E-state index < -0.39 is 5.60 Å². The quantitative estimate of drug-likeness (QED) is 0.780. The summed E-state index contributed by atoms with van der Waals surface area (Å²) in [4.78, 5) is 0. The standard InChI is InChI=1S/C12H14O4/c13-12(3-5-14-6-4-12)9-1-2-10-11(7-9)16-8-15-10/h1-2,7,13H,3-6,8H2. The zero-order chi connectivity index (χ0) is 11.0. The minimum absolute atomic E-state index is 0.264. The van der Waals surface area contributed by atoms with Gasteiger partial charge < -0.3 is 19.3 Å². The first-order chi connectivity index (χ1) is 7.78. The Morgan fingerprint density at radius 2 is 1.81 bits per heavy atom. The monoisotopic (exact) mass is 222 g/mol. The van der Waals surface area contributed by atoms with Crippen LogP contribution in [0, 0.1) is 0 Å². The molecule has 0 aliphatic carbocycles. The molecule has 0 aromatic heterocycles. The zero-order valence-corrected chi connectivity index (χ0v) is 8.94. The molecule has 3 rings (SSSR count). The molecular formula is C12H14O4. The normalized spacial score (nSPS) is 22.1. The third-order valence-corrected chi connectivity index (χ3v) is 3.23. The fourth-order valence-corrected chi connectivity index (χ4v) is 2.18. The minimum Gasteiger partial charge on any atom is -0.454 e. The van der Waals surface area contributed by atoms with Gasteiger partial charge in [-0.2, -0.15) is 0 Å². The molecule has 0 radical (unpaired) electrons. The second kappa shape index (κ2) is 3.64. The highest BCUT2D eigenvalue weighted by atomic mass is 16.7. The van der Waals surface area contributed by atoms with Crippen molar-refractivity contribution in [2.45, 2.75) is 18.4 Å². The van der Waals surface area contributed by atoms with Gasteiger partial charge >= 0.3 is 0 Å². The number of rotatable bonds is 1. The lowest BCUT2D eigenvalue weighted by Crippen LogP contribution is -2.33. The summed E-state index contributed by atoms with van der Waals surface area (Å²) in [5, 5.41) is 10.5. The number of hydrogen-bond donors (Lipinski definition) is 1. The Bertz CT molecular complexity index is 396. The van der Waals surface area contributed by atoms with Gasteiger partial charge in [0, 0.05) is 26.1 Å². The molecular weight excluding hydrogens is 208 g/mol. The van der Waals surface area contributed by atoms with Crippen LogP contribution in [0.1, 0.15) is 18.4 Å². The molecule has 0 atom stereocenters. The molecule has 0 saturated carbocycles. The van der Waals surface area contributed by atoms with Gasteiger partial charge in [-0.1, -0.05) is 6.07 Å². The predicted octanol–water partition coefficient (Wildman–Crippen LogP) is 1.41. The van der Waals surface area contributed by atoms with Gasteiger partial charge in [-0.3, -0.25) is 0 Å². The van der Waals surface area contributed by atoms with Gasteiger partial charge in [0.25, 0.3) is 0 Å². The minimum atomic E-state index is -0.779. The van der Waals surface area contributed by atoms with Crippen molar-refractivity contribution in [3.63, 3.8) is 0 Å². The summed E-state index contributed by atoms with van der Waals surface area (Å²) in [6.45, 7) is 1.47. The van der Waals surface area contributed by atoms with Crippen molar-refractivity contribution < 1.29 is 19.3 Å². The fraction of sp³-hybridized carbons (Fsp3) is 0.500. The summed E-state index contributed by atoms with van der Waals surface area (Å²) in [7, 11) is 0. The number of aliphatic hydroxyl groups is 1. The van der Waals surface area contributed by atoms with Crippen LogP contribution in [-0.4, -0.2) is 25.1 Å². The molecule has 0 spiro atoms. The molecule has 0 amide bonds. The maximum Gasteiger partial charge on any atom is 0.231 e. The molecule has 2 aliphatic rings. The Morgan fingerprint density at radius 1 is 1.06 bits per heavy atom. The first-order valence-corrected chi connectivity index (χ1v) is 5.48. The van der Waals surface area contributed by atoms with Crippen LogP contribution >= 0.6 is 0 Å². The zero-order valence-electron chi connectivity index (χ0n) is 8.94. The molecule has 1 N–H and O–H groups in total. The van der Waals surface area contributed by atoms with E-state index in [0.717, 1.165) is 17.1 Å². The van der Waals surface area contributed by atoms with E-state index in [9.17, 15) is 5.11 Å². The van der Waals surface area contributed by atoms with E-state index in [1.807, 2.05) is 18.2 Å². The third kappa shape index (κ3) is 1.54. The van der Waals surface area contributed by atoms with Crippen LogP contribution in [0.15, 0.2) is 18.2 Å². The molecule has 4 nitrogen and oxygen atoms in total. The summed E-state index contributed by atoms with van der Waals surface area (Å²) in [5.74, 6) is 1.47. The molecule has 0 unspecified atom stereocenters. The van der Waals surface area contributed by atoms with E-state index in [1.54, 1.807) is 0 Å². The second-order valence-corrected chi connectivity index (χ2v) is 4.21. The Labute approximate surface area is 93.7 Å². The van der Waals surface area contributed by atoms with E-state index >= 15 is 0 Å². The lowest BCUT2D eigenvalue weighted by molar-refractivity contribution is -0.0679. The highest BCUT2D eigenvalue weighted by Crippen LogP contribution is 2.39. The van der Waals surface area contributed by atoms with Crippen LogP contribution in [0.25, 0.3) is 0 Å². The number of fused-ring (bicyclic) bond motifs is 1.